The smallest absolute Gasteiger partial charge is 0.306 e. The number of ether oxygens (including phenoxy) is 1. The largest absolute Gasteiger partial charge is 0.462 e. The number of hydrogen-bond acceptors (Lipinski definition) is 4. The molecule has 1 N–H and O–H groups in total. The highest BCUT2D eigenvalue weighted by Gasteiger charge is 2.65. The summed E-state index contributed by atoms with van der Waals surface area (Å²) in [5, 5.41) is 10.2. The van der Waals surface area contributed by atoms with Crippen molar-refractivity contribution in [1.82, 2.24) is 0 Å². The monoisotopic (exact) mass is 374 g/mol. The molecule has 1 aliphatic heterocycles. The molecule has 0 bridgehead atoms. The number of aliphatic hydroxyl groups is 1. The fourth-order valence-electron chi connectivity index (χ4n) is 8.79. The van der Waals surface area contributed by atoms with Crippen molar-refractivity contribution in [2.24, 2.45) is 46.3 Å². The van der Waals surface area contributed by atoms with Gasteiger partial charge >= 0.3 is 5.97 Å². The maximum atomic E-state index is 13.2. The minimum Gasteiger partial charge on any atom is -0.462 e. The van der Waals surface area contributed by atoms with E-state index in [1.54, 1.807) is 0 Å². The minimum atomic E-state index is -0.299. The summed E-state index contributed by atoms with van der Waals surface area (Å²) in [7, 11) is 0. The van der Waals surface area contributed by atoms with E-state index < -0.39 is 0 Å². The van der Waals surface area contributed by atoms with Crippen LogP contribution in [0.4, 0.5) is 0 Å². The summed E-state index contributed by atoms with van der Waals surface area (Å²) in [4.78, 5) is 25.2. The number of carbonyl (C=O) groups excluding carboxylic acids is 2. The van der Waals surface area contributed by atoms with Gasteiger partial charge in [-0.15, -0.1) is 0 Å². The molecule has 5 aliphatic rings. The van der Waals surface area contributed by atoms with Gasteiger partial charge in [-0.1, -0.05) is 20.8 Å². The molecule has 0 amide bonds. The van der Waals surface area contributed by atoms with Gasteiger partial charge in [0.05, 0.1) is 6.10 Å². The Kier molecular flexibility index (Phi) is 3.90. The Morgan fingerprint density at radius 3 is 2.52 bits per heavy atom. The first-order valence-electron chi connectivity index (χ1n) is 11.1. The number of esters is 1. The summed E-state index contributed by atoms with van der Waals surface area (Å²) in [6.07, 6.45) is 6.82. The van der Waals surface area contributed by atoms with Crippen LogP contribution in [0, 0.1) is 46.3 Å². The summed E-state index contributed by atoms with van der Waals surface area (Å²) >= 11 is 0. The average molecular weight is 375 g/mol. The van der Waals surface area contributed by atoms with Crippen LogP contribution in [0.5, 0.6) is 0 Å². The van der Waals surface area contributed by atoms with Crippen molar-refractivity contribution in [3.8, 4) is 0 Å². The predicted molar refractivity (Wildman–Crippen MR) is 101 cm³/mol. The van der Waals surface area contributed by atoms with E-state index in [2.05, 4.69) is 20.8 Å². The third-order valence-corrected chi connectivity index (χ3v) is 9.90. The second-order valence-corrected chi connectivity index (χ2v) is 11.0. The van der Waals surface area contributed by atoms with Crippen molar-refractivity contribution in [3.05, 3.63) is 0 Å². The molecule has 0 aromatic heterocycles. The Labute approximate surface area is 162 Å². The van der Waals surface area contributed by atoms with Gasteiger partial charge < -0.3 is 9.84 Å². The highest BCUT2D eigenvalue weighted by Crippen LogP contribution is 2.68. The zero-order valence-corrected chi connectivity index (χ0v) is 16.9. The van der Waals surface area contributed by atoms with Crippen LogP contribution in [-0.4, -0.2) is 29.1 Å². The summed E-state index contributed by atoms with van der Waals surface area (Å²) in [5.74, 6) is 2.75. The molecule has 4 aliphatic carbocycles. The lowest BCUT2D eigenvalue weighted by atomic mass is 9.44. The van der Waals surface area contributed by atoms with Crippen LogP contribution in [0.1, 0.15) is 72.1 Å². The van der Waals surface area contributed by atoms with Gasteiger partial charge in [0.1, 0.15) is 11.9 Å². The van der Waals surface area contributed by atoms with E-state index in [9.17, 15) is 14.7 Å². The summed E-state index contributed by atoms with van der Waals surface area (Å²) in [6.45, 7) is 6.99. The number of hydrogen-bond donors (Lipinski definition) is 1. The standard InChI is InChI=1S/C23H34O4/c1-12-8-20(26)27-19-11-16-14-10-18(25)17-9-13(24)4-6-22(17,2)15(14)5-7-23(16,3)21(12)19/h12-17,19,21,24H,4-11H2,1-3H3. The Bertz CT molecular complexity index is 673. The molecular weight excluding hydrogens is 340 g/mol. The molecular formula is C23H34O4. The molecule has 5 rings (SSSR count). The van der Waals surface area contributed by atoms with E-state index in [4.69, 9.17) is 4.74 Å². The van der Waals surface area contributed by atoms with Gasteiger partial charge in [0.25, 0.3) is 0 Å². The molecule has 0 spiro atoms. The fourth-order valence-corrected chi connectivity index (χ4v) is 8.79. The molecule has 0 radical (unpaired) electrons. The van der Waals surface area contributed by atoms with Crippen LogP contribution in [0.25, 0.3) is 0 Å². The number of fused-ring (bicyclic) bond motifs is 7. The number of carbonyl (C=O) groups is 2. The van der Waals surface area contributed by atoms with Crippen molar-refractivity contribution < 1.29 is 19.4 Å². The van der Waals surface area contributed by atoms with E-state index in [0.29, 0.717) is 54.6 Å². The zero-order valence-electron chi connectivity index (χ0n) is 16.9. The van der Waals surface area contributed by atoms with Gasteiger partial charge in [0, 0.05) is 24.7 Å². The number of ketones is 1. The van der Waals surface area contributed by atoms with Crippen molar-refractivity contribution >= 4 is 11.8 Å². The van der Waals surface area contributed by atoms with Gasteiger partial charge in [-0.2, -0.15) is 0 Å². The molecule has 4 heteroatoms. The molecule has 10 unspecified atom stereocenters. The fraction of sp³-hybridized carbons (Fsp3) is 0.913. The first-order chi connectivity index (χ1) is 12.7. The highest BCUT2D eigenvalue weighted by atomic mass is 16.5. The topological polar surface area (TPSA) is 63.6 Å². The first kappa shape index (κ1) is 18.1. The number of aliphatic hydroxyl groups excluding tert-OH is 1. The third-order valence-electron chi connectivity index (χ3n) is 9.90. The van der Waals surface area contributed by atoms with Crippen LogP contribution >= 0.6 is 0 Å². The maximum Gasteiger partial charge on any atom is 0.306 e. The Balaban J connectivity index is 1.49. The molecule has 10 atom stereocenters. The van der Waals surface area contributed by atoms with Crippen LogP contribution in [0.15, 0.2) is 0 Å². The molecule has 1 heterocycles. The summed E-state index contributed by atoms with van der Waals surface area (Å²) < 4.78 is 5.83. The van der Waals surface area contributed by atoms with Gasteiger partial charge in [0.15, 0.2) is 0 Å². The zero-order chi connectivity index (χ0) is 19.1. The maximum absolute atomic E-state index is 13.2. The molecule has 150 valence electrons. The van der Waals surface area contributed by atoms with Crippen LogP contribution < -0.4 is 0 Å². The number of rotatable bonds is 0. The molecule has 5 fully saturated rings. The molecule has 27 heavy (non-hydrogen) atoms. The third kappa shape index (κ3) is 2.37. The molecule has 1 saturated heterocycles. The van der Waals surface area contributed by atoms with E-state index in [-0.39, 0.29) is 34.9 Å². The van der Waals surface area contributed by atoms with Crippen molar-refractivity contribution in [2.45, 2.75) is 84.3 Å². The number of Topliss-reactive ketones (excluding diaryl/α,β-unsaturated/α-hetero) is 1. The van der Waals surface area contributed by atoms with Gasteiger partial charge in [-0.25, -0.2) is 0 Å². The second kappa shape index (κ2) is 5.81. The van der Waals surface area contributed by atoms with Gasteiger partial charge in [-0.3, -0.25) is 9.59 Å². The minimum absolute atomic E-state index is 0.0319. The predicted octanol–water partition coefficient (Wildman–Crippen LogP) is 3.75. The Morgan fingerprint density at radius 1 is 1.00 bits per heavy atom. The van der Waals surface area contributed by atoms with Crippen molar-refractivity contribution in [2.75, 3.05) is 0 Å². The molecule has 4 saturated carbocycles. The highest BCUT2D eigenvalue weighted by molar-refractivity contribution is 5.83. The van der Waals surface area contributed by atoms with E-state index in [1.807, 2.05) is 0 Å². The second-order valence-electron chi connectivity index (χ2n) is 11.0. The van der Waals surface area contributed by atoms with Crippen LogP contribution in [-0.2, 0) is 14.3 Å². The van der Waals surface area contributed by atoms with E-state index in [0.717, 1.165) is 19.3 Å². The van der Waals surface area contributed by atoms with Crippen molar-refractivity contribution in [3.63, 3.8) is 0 Å². The molecule has 0 aromatic rings. The van der Waals surface area contributed by atoms with E-state index in [1.165, 1.54) is 12.8 Å². The van der Waals surface area contributed by atoms with E-state index >= 15 is 0 Å². The Morgan fingerprint density at radius 2 is 1.74 bits per heavy atom. The lowest BCUT2D eigenvalue weighted by molar-refractivity contribution is -0.166. The molecule has 4 nitrogen and oxygen atoms in total. The molecule has 0 aromatic carbocycles. The van der Waals surface area contributed by atoms with Crippen LogP contribution in [0.2, 0.25) is 0 Å². The van der Waals surface area contributed by atoms with Crippen LogP contribution in [0.3, 0.4) is 0 Å². The Hall–Kier alpha value is -0.900. The lowest BCUT2D eigenvalue weighted by Gasteiger charge is -2.60. The average Bonchev–Trinajstić information content (AvgIpc) is 2.89. The van der Waals surface area contributed by atoms with Crippen molar-refractivity contribution in [1.29, 1.82) is 0 Å². The summed E-state index contributed by atoms with van der Waals surface area (Å²) in [6, 6.07) is 0. The quantitative estimate of drug-likeness (QED) is 0.656. The van der Waals surface area contributed by atoms with Gasteiger partial charge in [-0.05, 0) is 73.0 Å². The summed E-state index contributed by atoms with van der Waals surface area (Å²) in [5.41, 5.74) is 0.250. The van der Waals surface area contributed by atoms with Gasteiger partial charge in [0.2, 0.25) is 0 Å². The lowest BCUT2D eigenvalue weighted by Crippen LogP contribution is -2.57. The normalized spacial score (nSPS) is 57.2. The first-order valence-corrected chi connectivity index (χ1v) is 11.1. The SMILES string of the molecule is CC1CC(=O)OC2CC3C4CC(=O)C5CC(O)CCC5(C)C4CCC3(C)C12.